The van der Waals surface area contributed by atoms with Crippen molar-refractivity contribution in [3.05, 3.63) is 117 Å². The van der Waals surface area contributed by atoms with Gasteiger partial charge in [-0.15, -0.1) is 0 Å². The summed E-state index contributed by atoms with van der Waals surface area (Å²) in [5, 5.41) is 0. The first kappa shape index (κ1) is 43.3. The van der Waals surface area contributed by atoms with Gasteiger partial charge < -0.3 is 18.9 Å². The van der Waals surface area contributed by atoms with Crippen molar-refractivity contribution in [2.75, 3.05) is 26.4 Å². The van der Waals surface area contributed by atoms with E-state index in [1.807, 2.05) is 48.5 Å². The van der Waals surface area contributed by atoms with E-state index < -0.39 is 67.2 Å². The minimum Gasteiger partial charge on any atom is -0.490 e. The van der Waals surface area contributed by atoms with E-state index in [4.69, 9.17) is 18.9 Å². The quantitative estimate of drug-likeness (QED) is 0.0651. The zero-order valence-electron chi connectivity index (χ0n) is 28.7. The van der Waals surface area contributed by atoms with Crippen LogP contribution in [0.3, 0.4) is 0 Å². The molecule has 0 saturated carbocycles. The Morgan fingerprint density at radius 1 is 0.667 bits per heavy atom. The van der Waals surface area contributed by atoms with Crippen LogP contribution in [0.25, 0.3) is 0 Å². The minimum absolute atomic E-state index is 0.108. The number of rotatable bonds is 13. The molecule has 0 saturated heterocycles. The van der Waals surface area contributed by atoms with Gasteiger partial charge >= 0.3 is 27.5 Å². The number of ether oxygens (including phenoxy) is 4. The number of nitrogens with one attached hydrogen (secondary N) is 1. The Hall–Kier alpha value is -3.27. The lowest BCUT2D eigenvalue weighted by Crippen LogP contribution is -2.48. The molecule has 302 valence electrons. The first-order valence-corrected chi connectivity index (χ1v) is 22.6. The van der Waals surface area contributed by atoms with Gasteiger partial charge in [-0.3, -0.25) is 18.9 Å². The van der Waals surface area contributed by atoms with E-state index >= 15 is 0 Å². The fraction of sp³-hybridized carbons (Fsp3) is 0.250. The Labute approximate surface area is 364 Å². The maximum atomic E-state index is 14.1. The second-order valence-corrected chi connectivity index (χ2v) is 19.1. The highest BCUT2D eigenvalue weighted by atomic mass is 127. The molecule has 57 heavy (non-hydrogen) atoms. The van der Waals surface area contributed by atoms with Crippen LogP contribution < -0.4 is 14.2 Å². The number of sulfonamides is 1. The molecular formula is C36H27F3I3NO12S2. The number of benzene rings is 4. The molecule has 3 aliphatic carbocycles. The first-order valence-electron chi connectivity index (χ1n) is 16.5. The summed E-state index contributed by atoms with van der Waals surface area (Å²) in [5.41, 5.74) is -2.57. The predicted octanol–water partition coefficient (Wildman–Crippen LogP) is 6.39. The van der Waals surface area contributed by atoms with E-state index in [0.29, 0.717) is 0 Å². The van der Waals surface area contributed by atoms with Crippen molar-refractivity contribution < 1.29 is 67.9 Å². The molecule has 0 heterocycles. The van der Waals surface area contributed by atoms with Gasteiger partial charge in [-0.1, -0.05) is 48.5 Å². The summed E-state index contributed by atoms with van der Waals surface area (Å²) in [6.07, 6.45) is 0. The van der Waals surface area contributed by atoms with Gasteiger partial charge in [0.1, 0.15) is 42.8 Å². The summed E-state index contributed by atoms with van der Waals surface area (Å²) >= 11 is 5.27. The standard InChI is InChI=1S/C36H27F3I3NO12S2/c37-36(38,39)57(50,51)43-33(44)18-15-25(41)32(26(42)16-18)53-12-14-55-35(46)31-29-22-7-3-1-5-20(22)28(21-6-2-4-8-23(21)29)30(31)34(45)54-13-11-52-19-9-10-27(24(40)17-19)56(47,48)49/h1-10,15-17,28-31H,11-14H2,(H,43,44)(H,47,48,49). The zero-order chi connectivity index (χ0) is 41.4. The third-order valence-corrected chi connectivity index (χ3v) is 14.0. The van der Waals surface area contributed by atoms with Gasteiger partial charge in [0, 0.05) is 21.0 Å². The molecule has 0 aromatic heterocycles. The molecule has 0 aliphatic heterocycles. The monoisotopic (exact) mass is 1170 g/mol. The van der Waals surface area contributed by atoms with Gasteiger partial charge in [-0.25, -0.2) is 4.72 Å². The van der Waals surface area contributed by atoms with Crippen LogP contribution in [-0.4, -0.2) is 71.2 Å². The number of amides is 1. The van der Waals surface area contributed by atoms with Gasteiger partial charge in [-0.2, -0.15) is 30.0 Å². The molecule has 4 aromatic carbocycles. The van der Waals surface area contributed by atoms with E-state index in [2.05, 4.69) is 0 Å². The maximum Gasteiger partial charge on any atom is 0.516 e. The maximum absolute atomic E-state index is 14.1. The topological polar surface area (TPSA) is 189 Å². The van der Waals surface area contributed by atoms with Crippen molar-refractivity contribution in [2.45, 2.75) is 22.2 Å². The number of hydrogen-bond donors (Lipinski definition) is 2. The normalized spacial score (nSPS) is 18.5. The predicted molar refractivity (Wildman–Crippen MR) is 220 cm³/mol. The van der Waals surface area contributed by atoms with Crippen molar-refractivity contribution in [2.24, 2.45) is 11.8 Å². The number of halogens is 6. The van der Waals surface area contributed by atoms with Gasteiger partial charge in [0.15, 0.2) is 0 Å². The highest BCUT2D eigenvalue weighted by Gasteiger charge is 2.56. The number of alkyl halides is 3. The number of carbonyl (C=O) groups is 3. The SMILES string of the molecule is O=C(NS(=O)(=O)C(F)(F)F)c1cc(I)c(OCCOC(=O)C2C3c4ccccc4C(c4ccccc43)C2C(=O)OCCOc2ccc(S(=O)(=O)O)c(I)c2)c(I)c1. The minimum atomic E-state index is -5.93. The largest absolute Gasteiger partial charge is 0.516 e. The van der Waals surface area contributed by atoms with E-state index in [1.54, 1.807) is 67.8 Å². The fourth-order valence-corrected chi connectivity index (χ4v) is 11.3. The molecule has 13 nitrogen and oxygen atoms in total. The van der Waals surface area contributed by atoms with E-state index in [9.17, 15) is 48.9 Å². The molecule has 0 fully saturated rings. The molecule has 3 aliphatic rings. The number of fused-ring (bicyclic) bond motifs is 1. The van der Waals surface area contributed by atoms with Gasteiger partial charge in [0.2, 0.25) is 0 Å². The fourth-order valence-electron chi connectivity index (χ4n) is 6.87. The lowest BCUT2D eigenvalue weighted by molar-refractivity contribution is -0.164. The van der Waals surface area contributed by atoms with Gasteiger partial charge in [-0.05, 0) is 120 Å². The molecule has 0 spiro atoms. The average molecular weight is 1170 g/mol. The van der Waals surface area contributed by atoms with Crippen molar-refractivity contribution in [3.63, 3.8) is 0 Å². The Morgan fingerprint density at radius 2 is 1.12 bits per heavy atom. The summed E-state index contributed by atoms with van der Waals surface area (Å²) in [6.45, 7) is -0.795. The molecule has 2 N–H and O–H groups in total. The van der Waals surface area contributed by atoms with Crippen LogP contribution in [0.2, 0.25) is 0 Å². The zero-order valence-corrected chi connectivity index (χ0v) is 36.8. The Kier molecular flexibility index (Phi) is 13.0. The Morgan fingerprint density at radius 3 is 1.54 bits per heavy atom. The summed E-state index contributed by atoms with van der Waals surface area (Å²) in [6, 6.07) is 21.2. The smallest absolute Gasteiger partial charge is 0.490 e. The lowest BCUT2D eigenvalue weighted by Gasteiger charge is -2.48. The van der Waals surface area contributed by atoms with Crippen molar-refractivity contribution in [1.82, 2.24) is 4.72 Å². The molecule has 2 unspecified atom stereocenters. The Balaban J connectivity index is 1.15. The molecule has 7 rings (SSSR count). The first-order chi connectivity index (χ1) is 26.8. The summed E-state index contributed by atoms with van der Waals surface area (Å²) in [5.74, 6) is -5.48. The lowest BCUT2D eigenvalue weighted by atomic mass is 9.54. The van der Waals surface area contributed by atoms with Crippen molar-refractivity contribution in [3.8, 4) is 11.5 Å². The van der Waals surface area contributed by atoms with Crippen LogP contribution in [0.1, 0.15) is 44.4 Å². The average Bonchev–Trinajstić information content (AvgIpc) is 3.14. The highest BCUT2D eigenvalue weighted by molar-refractivity contribution is 14.1. The van der Waals surface area contributed by atoms with Crippen molar-refractivity contribution in [1.29, 1.82) is 0 Å². The van der Waals surface area contributed by atoms with E-state index in [-0.39, 0.29) is 59.1 Å². The summed E-state index contributed by atoms with van der Waals surface area (Å²) in [7, 11) is -10.4. The van der Waals surface area contributed by atoms with Gasteiger partial charge in [0.25, 0.3) is 16.0 Å². The van der Waals surface area contributed by atoms with Gasteiger partial charge in [0.05, 0.1) is 19.0 Å². The number of hydrogen-bond acceptors (Lipinski definition) is 11. The summed E-state index contributed by atoms with van der Waals surface area (Å²) < 4.78 is 118. The van der Waals surface area contributed by atoms with Crippen molar-refractivity contribution >= 4 is 106 Å². The van der Waals surface area contributed by atoms with E-state index in [0.717, 1.165) is 39.1 Å². The van der Waals surface area contributed by atoms with Crippen LogP contribution in [0.5, 0.6) is 11.5 Å². The van der Waals surface area contributed by atoms with Crippen LogP contribution in [0.15, 0.2) is 83.8 Å². The molecule has 2 bridgehead atoms. The van der Waals surface area contributed by atoms with Crippen LogP contribution >= 0.6 is 67.8 Å². The molecule has 1 amide bonds. The molecular weight excluding hydrogens is 1140 g/mol. The van der Waals surface area contributed by atoms with Crippen LogP contribution in [0, 0.1) is 22.5 Å². The molecule has 0 radical (unpaired) electrons. The van der Waals surface area contributed by atoms with E-state index in [1.165, 1.54) is 18.2 Å². The Bertz CT molecular complexity index is 2410. The second kappa shape index (κ2) is 17.1. The van der Waals surface area contributed by atoms with Crippen LogP contribution in [-0.2, 0) is 39.2 Å². The molecule has 21 heteroatoms. The third-order valence-electron chi connectivity index (χ3n) is 9.13. The molecule has 4 aromatic rings. The third kappa shape index (κ3) is 9.16. The second-order valence-electron chi connectivity index (χ2n) is 12.5. The highest BCUT2D eigenvalue weighted by Crippen LogP contribution is 2.58. The van der Waals surface area contributed by atoms with Crippen LogP contribution in [0.4, 0.5) is 13.2 Å². The number of esters is 2. The number of carbonyl (C=O) groups excluding carboxylic acids is 3. The summed E-state index contributed by atoms with van der Waals surface area (Å²) in [4.78, 5) is 40.1. The molecule has 2 atom stereocenters.